The van der Waals surface area contributed by atoms with Crippen molar-refractivity contribution in [1.29, 1.82) is 0 Å². The smallest absolute Gasteiger partial charge is 0.407 e. The van der Waals surface area contributed by atoms with E-state index in [0.29, 0.717) is 24.2 Å². The summed E-state index contributed by atoms with van der Waals surface area (Å²) < 4.78 is 10.6. The monoisotopic (exact) mass is 905 g/mol. The van der Waals surface area contributed by atoms with E-state index in [1.54, 1.807) is 18.2 Å². The third kappa shape index (κ3) is 12.3. The minimum absolute atomic E-state index is 0.102. The summed E-state index contributed by atoms with van der Waals surface area (Å²) in [6, 6.07) is 56.5. The number of carbonyl (C=O) groups excluding carboxylic acids is 4. The molecule has 10 heteroatoms. The number of nitrogens with zero attached hydrogens (tertiary/aromatic N) is 1. The van der Waals surface area contributed by atoms with Gasteiger partial charge in [-0.3, -0.25) is 14.5 Å². The lowest BCUT2D eigenvalue weighted by Crippen LogP contribution is -2.29. The molecular weight excluding hydrogens is 851 g/mol. The number of hydrogen-bond acceptors (Lipinski definition) is 7. The Hall–Kier alpha value is -7.82. The van der Waals surface area contributed by atoms with E-state index in [9.17, 15) is 24.3 Å². The maximum absolute atomic E-state index is 14.0. The van der Waals surface area contributed by atoms with E-state index in [-0.39, 0.29) is 36.8 Å². The Morgan fingerprint density at radius 1 is 0.485 bits per heavy atom. The first kappa shape index (κ1) is 46.7. The first-order chi connectivity index (χ1) is 33.3. The number of rotatable bonds is 20. The molecule has 1 unspecified atom stereocenters. The standard InChI is InChI=1S/C58H55N3O7/c62-54(48-32-30-47(31-33-48)50-23-12-21-42(37-50)15-8-10-35-60-58(66)68-40-45-18-5-2-6-19-45)51-24-13-25-52-53(51)56(64)61(55(52)63)38-43-26-28-46(29-27-43)49-22-11-20-41(36-49)14-7-9-34-59-57(65)67-39-44-16-3-1-4-17-44/h1-6,11-13,16-33,36-37,54,62H,7-10,14-15,34-35,38-40H2,(H,59,65)(H,60,66). The van der Waals surface area contributed by atoms with Gasteiger partial charge in [0, 0.05) is 13.1 Å². The Balaban J connectivity index is 0.806. The van der Waals surface area contributed by atoms with Crippen LogP contribution in [0, 0.1) is 0 Å². The van der Waals surface area contributed by atoms with Crippen LogP contribution in [0.1, 0.15) is 91.4 Å². The number of ether oxygens (including phenoxy) is 2. The second-order valence-electron chi connectivity index (χ2n) is 17.0. The minimum atomic E-state index is -1.12. The number of benzene rings is 7. The predicted molar refractivity (Wildman–Crippen MR) is 264 cm³/mol. The third-order valence-corrected chi connectivity index (χ3v) is 12.1. The van der Waals surface area contributed by atoms with E-state index >= 15 is 0 Å². The first-order valence-electron chi connectivity index (χ1n) is 23.2. The molecule has 0 saturated carbocycles. The van der Waals surface area contributed by atoms with Crippen LogP contribution >= 0.6 is 0 Å². The maximum atomic E-state index is 14.0. The van der Waals surface area contributed by atoms with Crippen molar-refractivity contribution < 1.29 is 33.8 Å². The molecule has 0 fully saturated rings. The van der Waals surface area contributed by atoms with Crippen molar-refractivity contribution >= 4 is 24.0 Å². The molecule has 344 valence electrons. The van der Waals surface area contributed by atoms with Gasteiger partial charge in [0.05, 0.1) is 17.7 Å². The molecule has 8 rings (SSSR count). The second kappa shape index (κ2) is 23.1. The third-order valence-electron chi connectivity index (χ3n) is 12.1. The molecule has 0 bridgehead atoms. The summed E-state index contributed by atoms with van der Waals surface area (Å²) in [5.41, 5.74) is 10.7. The molecule has 1 atom stereocenters. The van der Waals surface area contributed by atoms with Gasteiger partial charge in [0.25, 0.3) is 11.8 Å². The molecule has 7 aromatic carbocycles. The van der Waals surface area contributed by atoms with Crippen LogP contribution in [-0.4, -0.2) is 47.1 Å². The minimum Gasteiger partial charge on any atom is -0.445 e. The molecule has 3 N–H and O–H groups in total. The Morgan fingerprint density at radius 2 is 0.971 bits per heavy atom. The van der Waals surface area contributed by atoms with Gasteiger partial charge < -0.3 is 25.2 Å². The summed E-state index contributed by atoms with van der Waals surface area (Å²) in [5, 5.41) is 17.3. The zero-order valence-corrected chi connectivity index (χ0v) is 37.9. The summed E-state index contributed by atoms with van der Waals surface area (Å²) in [6.45, 7) is 1.66. The SMILES string of the molecule is O=C(NCCCCc1cccc(-c2ccc(CN3C(=O)c4cccc(C(O)c5ccc(-c6cccc(CCCCNC(=O)OCc7ccccc7)c6)cc5)c4C3=O)cc2)c1)OCc1ccccc1. The fraction of sp³-hybridized carbons (Fsp3) is 0.207. The quantitative estimate of drug-likeness (QED) is 0.0512. The molecule has 7 aromatic rings. The molecule has 4 amide bonds. The number of hydrogen-bond donors (Lipinski definition) is 3. The lowest BCUT2D eigenvalue weighted by atomic mass is 9.93. The predicted octanol–water partition coefficient (Wildman–Crippen LogP) is 11.4. The number of unbranched alkanes of at least 4 members (excludes halogenated alkanes) is 2. The molecule has 68 heavy (non-hydrogen) atoms. The summed E-state index contributed by atoms with van der Waals surface area (Å²) in [5.74, 6) is -0.814. The van der Waals surface area contributed by atoms with E-state index < -0.39 is 24.2 Å². The average molecular weight is 906 g/mol. The van der Waals surface area contributed by atoms with E-state index in [1.807, 2.05) is 127 Å². The van der Waals surface area contributed by atoms with E-state index in [0.717, 1.165) is 77.5 Å². The van der Waals surface area contributed by atoms with Gasteiger partial charge in [-0.2, -0.15) is 0 Å². The Bertz CT molecular complexity index is 2810. The topological polar surface area (TPSA) is 134 Å². The van der Waals surface area contributed by atoms with Gasteiger partial charge in [0.2, 0.25) is 0 Å². The van der Waals surface area contributed by atoms with Crippen molar-refractivity contribution in [2.75, 3.05) is 13.1 Å². The number of alkyl carbamates (subject to hydrolysis) is 2. The van der Waals surface area contributed by atoms with Crippen LogP contribution in [0.15, 0.2) is 176 Å². The fourth-order valence-electron chi connectivity index (χ4n) is 8.40. The number of nitrogens with one attached hydrogen (secondary N) is 2. The number of amides is 4. The van der Waals surface area contributed by atoms with Crippen LogP contribution in [0.3, 0.4) is 0 Å². The Kier molecular flexibility index (Phi) is 15.8. The average Bonchev–Trinajstić information content (AvgIpc) is 3.62. The normalized spacial score (nSPS) is 12.3. The fourth-order valence-corrected chi connectivity index (χ4v) is 8.40. The van der Waals surface area contributed by atoms with E-state index in [4.69, 9.17) is 9.47 Å². The molecule has 0 aliphatic carbocycles. The molecular formula is C58H55N3O7. The maximum Gasteiger partial charge on any atom is 0.407 e. The highest BCUT2D eigenvalue weighted by Gasteiger charge is 2.38. The van der Waals surface area contributed by atoms with E-state index in [1.165, 1.54) is 16.0 Å². The number of imide groups is 1. The number of carbonyl (C=O) groups is 4. The van der Waals surface area contributed by atoms with Gasteiger partial charge in [-0.05, 0) is 106 Å². The molecule has 1 heterocycles. The number of aryl methyl sites for hydroxylation is 2. The summed E-state index contributed by atoms with van der Waals surface area (Å²) in [6.07, 6.45) is 3.20. The number of fused-ring (bicyclic) bond motifs is 1. The van der Waals surface area contributed by atoms with Crippen molar-refractivity contribution in [2.45, 2.75) is 64.4 Å². The van der Waals surface area contributed by atoms with Gasteiger partial charge in [-0.15, -0.1) is 0 Å². The van der Waals surface area contributed by atoms with Gasteiger partial charge in [-0.1, -0.05) is 170 Å². The Labute approximate surface area is 397 Å². The molecule has 10 nitrogen and oxygen atoms in total. The van der Waals surface area contributed by atoms with Crippen molar-refractivity contribution in [2.24, 2.45) is 0 Å². The molecule has 1 aliphatic rings. The zero-order valence-electron chi connectivity index (χ0n) is 37.9. The van der Waals surface area contributed by atoms with Gasteiger partial charge in [0.1, 0.15) is 19.3 Å². The van der Waals surface area contributed by atoms with Gasteiger partial charge >= 0.3 is 12.2 Å². The van der Waals surface area contributed by atoms with E-state index in [2.05, 4.69) is 41.0 Å². The van der Waals surface area contributed by atoms with Crippen LogP contribution in [-0.2, 0) is 42.1 Å². The van der Waals surface area contributed by atoms with Gasteiger partial charge in [-0.25, -0.2) is 9.59 Å². The number of aliphatic hydroxyl groups is 1. The second-order valence-corrected chi connectivity index (χ2v) is 17.0. The van der Waals surface area contributed by atoms with Gasteiger partial charge in [0.15, 0.2) is 0 Å². The summed E-state index contributed by atoms with van der Waals surface area (Å²) in [7, 11) is 0. The lowest BCUT2D eigenvalue weighted by Gasteiger charge is -2.16. The van der Waals surface area contributed by atoms with Crippen LogP contribution in [0.4, 0.5) is 9.59 Å². The van der Waals surface area contributed by atoms with Crippen LogP contribution in [0.5, 0.6) is 0 Å². The molecule has 0 radical (unpaired) electrons. The van der Waals surface area contributed by atoms with Crippen LogP contribution < -0.4 is 10.6 Å². The summed E-state index contributed by atoms with van der Waals surface area (Å²) >= 11 is 0. The first-order valence-corrected chi connectivity index (χ1v) is 23.2. The van der Waals surface area contributed by atoms with Crippen LogP contribution in [0.25, 0.3) is 22.3 Å². The van der Waals surface area contributed by atoms with Crippen molar-refractivity contribution in [3.63, 3.8) is 0 Å². The van der Waals surface area contributed by atoms with Crippen LogP contribution in [0.2, 0.25) is 0 Å². The lowest BCUT2D eigenvalue weighted by molar-refractivity contribution is 0.0640. The highest BCUT2D eigenvalue weighted by molar-refractivity contribution is 6.22. The molecule has 0 aromatic heterocycles. The molecule has 0 saturated heterocycles. The largest absolute Gasteiger partial charge is 0.445 e. The van der Waals surface area contributed by atoms with Crippen molar-refractivity contribution in [1.82, 2.24) is 15.5 Å². The number of aliphatic hydroxyl groups excluding tert-OH is 1. The summed E-state index contributed by atoms with van der Waals surface area (Å²) in [4.78, 5) is 53.1. The van der Waals surface area contributed by atoms with Crippen molar-refractivity contribution in [3.8, 4) is 22.3 Å². The molecule has 0 spiro atoms. The van der Waals surface area contributed by atoms with Crippen molar-refractivity contribution in [3.05, 3.63) is 226 Å². The molecule has 1 aliphatic heterocycles. The highest BCUT2D eigenvalue weighted by Crippen LogP contribution is 2.35. The Morgan fingerprint density at radius 3 is 1.50 bits per heavy atom. The highest BCUT2D eigenvalue weighted by atomic mass is 16.6. The zero-order chi connectivity index (χ0) is 47.1.